The van der Waals surface area contributed by atoms with E-state index in [2.05, 4.69) is 31.9 Å². The first-order valence-electron chi connectivity index (χ1n) is 6.17. The molecule has 1 aliphatic carbocycles. The van der Waals surface area contributed by atoms with Crippen LogP contribution in [0.15, 0.2) is 18.2 Å². The fourth-order valence-electron chi connectivity index (χ4n) is 2.63. The van der Waals surface area contributed by atoms with Gasteiger partial charge in [0.05, 0.1) is 0 Å². The van der Waals surface area contributed by atoms with E-state index < -0.39 is 0 Å². The van der Waals surface area contributed by atoms with E-state index >= 15 is 0 Å². The predicted octanol–water partition coefficient (Wildman–Crippen LogP) is 3.11. The molecule has 0 radical (unpaired) electrons. The van der Waals surface area contributed by atoms with E-state index in [1.807, 2.05) is 6.07 Å². The van der Waals surface area contributed by atoms with Crippen LogP contribution in [0, 0.1) is 0 Å². The fraction of sp³-hybridized carbons (Fsp3) is 0.571. The quantitative estimate of drug-likeness (QED) is 0.844. The molecule has 1 aliphatic rings. The summed E-state index contributed by atoms with van der Waals surface area (Å²) in [5, 5.41) is 9.81. The van der Waals surface area contributed by atoms with Gasteiger partial charge in [0.15, 0.2) is 0 Å². The molecule has 0 aliphatic heterocycles. The highest BCUT2D eigenvalue weighted by Gasteiger charge is 2.29. The molecule has 0 saturated heterocycles. The van der Waals surface area contributed by atoms with Crippen molar-refractivity contribution in [2.75, 3.05) is 7.05 Å². The molecule has 0 aromatic heterocycles. The van der Waals surface area contributed by atoms with Crippen LogP contribution >= 0.6 is 0 Å². The van der Waals surface area contributed by atoms with Gasteiger partial charge in [-0.3, -0.25) is 4.90 Å². The standard InChI is InChI=1S/C14H21NO/c1-4-10(2)15(3)13-9-8-12-11(13)6-5-7-14(12)16/h5-7,10,13,16H,4,8-9H2,1-3H3. The smallest absolute Gasteiger partial charge is 0.119 e. The lowest BCUT2D eigenvalue weighted by Gasteiger charge is -2.30. The maximum absolute atomic E-state index is 9.81. The third kappa shape index (κ3) is 1.82. The van der Waals surface area contributed by atoms with Crippen LogP contribution in [0.3, 0.4) is 0 Å². The molecule has 0 saturated carbocycles. The number of hydrogen-bond donors (Lipinski definition) is 1. The molecule has 0 heterocycles. The lowest BCUT2D eigenvalue weighted by Crippen LogP contribution is -2.31. The van der Waals surface area contributed by atoms with Crippen LogP contribution in [0.4, 0.5) is 0 Å². The van der Waals surface area contributed by atoms with Crippen molar-refractivity contribution in [3.05, 3.63) is 29.3 Å². The van der Waals surface area contributed by atoms with Gasteiger partial charge < -0.3 is 5.11 Å². The largest absolute Gasteiger partial charge is 0.508 e. The topological polar surface area (TPSA) is 23.5 Å². The average molecular weight is 219 g/mol. The zero-order valence-corrected chi connectivity index (χ0v) is 10.4. The van der Waals surface area contributed by atoms with E-state index in [9.17, 15) is 5.11 Å². The van der Waals surface area contributed by atoms with Gasteiger partial charge in [-0.05, 0) is 50.4 Å². The average Bonchev–Trinajstić information content (AvgIpc) is 2.72. The lowest BCUT2D eigenvalue weighted by molar-refractivity contribution is 0.180. The Hall–Kier alpha value is -1.02. The van der Waals surface area contributed by atoms with Gasteiger partial charge >= 0.3 is 0 Å². The van der Waals surface area contributed by atoms with Crippen molar-refractivity contribution in [3.63, 3.8) is 0 Å². The highest BCUT2D eigenvalue weighted by Crippen LogP contribution is 2.39. The monoisotopic (exact) mass is 219 g/mol. The van der Waals surface area contributed by atoms with Gasteiger partial charge in [0.1, 0.15) is 5.75 Å². The number of aromatic hydroxyl groups is 1. The van der Waals surface area contributed by atoms with Crippen molar-refractivity contribution in [1.29, 1.82) is 0 Å². The van der Waals surface area contributed by atoms with Gasteiger partial charge in [-0.2, -0.15) is 0 Å². The minimum atomic E-state index is 0.470. The first-order chi connectivity index (χ1) is 7.65. The minimum absolute atomic E-state index is 0.470. The molecule has 2 heteroatoms. The molecule has 1 aromatic carbocycles. The van der Waals surface area contributed by atoms with Crippen LogP contribution < -0.4 is 0 Å². The number of hydrogen-bond acceptors (Lipinski definition) is 2. The summed E-state index contributed by atoms with van der Waals surface area (Å²) >= 11 is 0. The zero-order chi connectivity index (χ0) is 11.7. The Labute approximate surface area is 97.9 Å². The molecule has 1 aromatic rings. The molecular weight excluding hydrogens is 198 g/mol. The molecule has 2 atom stereocenters. The summed E-state index contributed by atoms with van der Waals surface area (Å²) in [5.74, 6) is 0.470. The molecular formula is C14H21NO. The van der Waals surface area contributed by atoms with E-state index in [4.69, 9.17) is 0 Å². The van der Waals surface area contributed by atoms with Crippen LogP contribution in [0.1, 0.15) is 43.9 Å². The van der Waals surface area contributed by atoms with Gasteiger partial charge in [-0.1, -0.05) is 19.1 Å². The summed E-state index contributed by atoms with van der Waals surface area (Å²) in [6, 6.07) is 6.99. The van der Waals surface area contributed by atoms with Crippen LogP contribution in [0.2, 0.25) is 0 Å². The number of rotatable bonds is 3. The molecule has 2 nitrogen and oxygen atoms in total. The van der Waals surface area contributed by atoms with Crippen molar-refractivity contribution in [2.24, 2.45) is 0 Å². The Bertz CT molecular complexity index is 375. The first kappa shape index (κ1) is 11.5. The number of benzene rings is 1. The summed E-state index contributed by atoms with van der Waals surface area (Å²) in [6.07, 6.45) is 3.31. The van der Waals surface area contributed by atoms with Crippen LogP contribution in [-0.4, -0.2) is 23.1 Å². The zero-order valence-electron chi connectivity index (χ0n) is 10.4. The van der Waals surface area contributed by atoms with Crippen molar-refractivity contribution in [3.8, 4) is 5.75 Å². The second-order valence-corrected chi connectivity index (χ2v) is 4.82. The Balaban J connectivity index is 2.27. The molecule has 0 bridgehead atoms. The highest BCUT2D eigenvalue weighted by atomic mass is 16.3. The Morgan fingerprint density at radius 2 is 2.25 bits per heavy atom. The van der Waals surface area contributed by atoms with E-state index in [1.165, 1.54) is 12.0 Å². The Kier molecular flexibility index (Phi) is 3.20. The van der Waals surface area contributed by atoms with Gasteiger partial charge in [0, 0.05) is 12.1 Å². The second-order valence-electron chi connectivity index (χ2n) is 4.82. The third-order valence-electron chi connectivity index (χ3n) is 3.99. The summed E-state index contributed by atoms with van der Waals surface area (Å²) in [6.45, 7) is 4.49. The van der Waals surface area contributed by atoms with E-state index in [-0.39, 0.29) is 0 Å². The Morgan fingerprint density at radius 1 is 1.50 bits per heavy atom. The normalized spacial score (nSPS) is 21.1. The van der Waals surface area contributed by atoms with Gasteiger partial charge in [0.2, 0.25) is 0 Å². The van der Waals surface area contributed by atoms with Crippen molar-refractivity contribution in [1.82, 2.24) is 4.90 Å². The van der Waals surface area contributed by atoms with Crippen LogP contribution in [0.5, 0.6) is 5.75 Å². The number of nitrogens with zero attached hydrogens (tertiary/aromatic N) is 1. The number of phenols is 1. The van der Waals surface area contributed by atoms with Crippen molar-refractivity contribution in [2.45, 2.75) is 45.2 Å². The van der Waals surface area contributed by atoms with E-state index in [0.717, 1.165) is 18.4 Å². The van der Waals surface area contributed by atoms with Crippen LogP contribution in [0.25, 0.3) is 0 Å². The first-order valence-corrected chi connectivity index (χ1v) is 6.17. The van der Waals surface area contributed by atoms with Crippen molar-refractivity contribution < 1.29 is 5.11 Å². The molecule has 1 N–H and O–H groups in total. The molecule has 16 heavy (non-hydrogen) atoms. The van der Waals surface area contributed by atoms with Gasteiger partial charge in [0.25, 0.3) is 0 Å². The van der Waals surface area contributed by atoms with E-state index in [0.29, 0.717) is 17.8 Å². The SMILES string of the molecule is CCC(C)N(C)C1CCc2c(O)cccc21. The van der Waals surface area contributed by atoms with Gasteiger partial charge in [-0.15, -0.1) is 0 Å². The summed E-state index contributed by atoms with van der Waals surface area (Å²) < 4.78 is 0. The maximum Gasteiger partial charge on any atom is 0.119 e. The minimum Gasteiger partial charge on any atom is -0.508 e. The molecule has 0 spiro atoms. The summed E-state index contributed by atoms with van der Waals surface area (Å²) in [7, 11) is 2.19. The lowest BCUT2D eigenvalue weighted by atomic mass is 10.0. The molecule has 88 valence electrons. The highest BCUT2D eigenvalue weighted by molar-refractivity contribution is 5.44. The Morgan fingerprint density at radius 3 is 2.94 bits per heavy atom. The summed E-state index contributed by atoms with van der Waals surface area (Å²) in [5.41, 5.74) is 2.48. The van der Waals surface area contributed by atoms with E-state index in [1.54, 1.807) is 6.07 Å². The molecule has 2 rings (SSSR count). The van der Waals surface area contributed by atoms with Crippen molar-refractivity contribution >= 4 is 0 Å². The number of fused-ring (bicyclic) bond motifs is 1. The molecule has 0 amide bonds. The maximum atomic E-state index is 9.81. The fourth-order valence-corrected chi connectivity index (χ4v) is 2.63. The predicted molar refractivity (Wildman–Crippen MR) is 66.7 cm³/mol. The second kappa shape index (κ2) is 4.46. The molecule has 2 unspecified atom stereocenters. The van der Waals surface area contributed by atoms with Crippen LogP contribution in [-0.2, 0) is 6.42 Å². The number of phenolic OH excluding ortho intramolecular Hbond substituents is 1. The molecule has 0 fully saturated rings. The third-order valence-corrected chi connectivity index (χ3v) is 3.99. The van der Waals surface area contributed by atoms with Gasteiger partial charge in [-0.25, -0.2) is 0 Å². The summed E-state index contributed by atoms with van der Waals surface area (Å²) in [4.78, 5) is 2.44.